The Morgan fingerprint density at radius 1 is 0.582 bits per heavy atom. The van der Waals surface area contributed by atoms with Crippen molar-refractivity contribution in [2.75, 3.05) is 4.90 Å². The van der Waals surface area contributed by atoms with Crippen molar-refractivity contribution in [3.8, 4) is 34.1 Å². The molecule has 6 aromatic rings. The van der Waals surface area contributed by atoms with Gasteiger partial charge in [-0.15, -0.1) is 0 Å². The van der Waals surface area contributed by atoms with Crippen molar-refractivity contribution in [3.63, 3.8) is 0 Å². The molecule has 2 aliphatic heterocycles. The van der Waals surface area contributed by atoms with E-state index in [9.17, 15) is 0 Å². The molecule has 1 aliphatic carbocycles. The number of ether oxygens (including phenoxy) is 2. The van der Waals surface area contributed by atoms with Crippen LogP contribution >= 0.6 is 0 Å². The van der Waals surface area contributed by atoms with Crippen LogP contribution in [0.15, 0.2) is 115 Å². The molecule has 0 aromatic heterocycles. The lowest BCUT2D eigenvalue weighted by Gasteiger charge is -2.38. The first-order chi connectivity index (χ1) is 26.3. The molecule has 55 heavy (non-hydrogen) atoms. The second kappa shape index (κ2) is 11.9. The minimum atomic E-state index is -0.371. The minimum Gasteiger partial charge on any atom is -0.458 e. The molecule has 0 atom stereocenters. The molecular formula is C51H52BNO2. The molecule has 3 nitrogen and oxygen atoms in total. The summed E-state index contributed by atoms with van der Waals surface area (Å²) < 4.78 is 22.6. The average Bonchev–Trinajstić information content (AvgIpc) is 3.37. The van der Waals surface area contributed by atoms with E-state index in [1.165, 1.54) is 38.9 Å². The quantitative estimate of drug-likeness (QED) is 0.170. The van der Waals surface area contributed by atoms with Gasteiger partial charge in [-0.05, 0) is 104 Å². The van der Waals surface area contributed by atoms with E-state index in [0.717, 1.165) is 44.9 Å². The molecule has 4 heteroatoms. The first kappa shape index (κ1) is 34.3. The van der Waals surface area contributed by atoms with E-state index >= 15 is 0 Å². The summed E-state index contributed by atoms with van der Waals surface area (Å²) in [7, 11) is 0. The van der Waals surface area contributed by atoms with Gasteiger partial charge in [-0.25, -0.2) is 0 Å². The number of nitrogens with zero attached hydrogens (tertiary/aromatic N) is 1. The third kappa shape index (κ3) is 5.54. The maximum absolute atomic E-state index is 8.81. The molecule has 3 aliphatic rings. The van der Waals surface area contributed by atoms with E-state index in [2.05, 4.69) is 178 Å². The normalized spacial score (nSPS) is 15.1. The molecule has 0 radical (unpaired) electrons. The van der Waals surface area contributed by atoms with Crippen LogP contribution in [0.25, 0.3) is 11.1 Å². The molecular weight excluding hydrogens is 669 g/mol. The van der Waals surface area contributed by atoms with Crippen molar-refractivity contribution >= 4 is 40.2 Å². The van der Waals surface area contributed by atoms with Gasteiger partial charge in [0.1, 0.15) is 23.0 Å². The smallest absolute Gasteiger partial charge is 0.260 e. The molecule has 0 N–H and O–H groups in total. The lowest BCUT2D eigenvalue weighted by Crippen LogP contribution is -2.58. The SMILES string of the molecule is [2H]c1cc2c3c(c1)Oc1c(cc(N(c4ccc(C(C)(C)C)cc4)c4ccc(C(C)(C)C)cc4)c4c1C(C)(C)c1ccccc1-4)B3c1cc(C(C)(C)C)ccc1O2. The summed E-state index contributed by atoms with van der Waals surface area (Å²) in [6.07, 6.45) is 0. The fourth-order valence-electron chi connectivity index (χ4n) is 9.03. The van der Waals surface area contributed by atoms with Crippen LogP contribution in [0, 0.1) is 0 Å². The number of fused-ring (bicyclic) bond motifs is 8. The summed E-state index contributed by atoms with van der Waals surface area (Å²) in [4.78, 5) is 2.46. The molecule has 9 rings (SSSR count). The summed E-state index contributed by atoms with van der Waals surface area (Å²) in [5, 5.41) is 0. The number of hydrogen-bond acceptors (Lipinski definition) is 3. The Balaban J connectivity index is 1.39. The zero-order chi connectivity index (χ0) is 39.7. The molecule has 2 heterocycles. The standard InChI is InChI=1S/C51H52BNO2/c1-48(2,3)31-19-24-34(25-20-31)53(35-26-21-32(22-27-35)49(4,5)6)40-30-39-47(45-44(40)36-15-12-13-16-37(36)51(45,10)11)55-43-18-14-17-42-46(43)52(39)38-29-33(50(7,8)9)23-28-41(38)54-42/h12-30H,1-11H3/i14D. The summed E-state index contributed by atoms with van der Waals surface area (Å²) >= 11 is 0. The van der Waals surface area contributed by atoms with Gasteiger partial charge < -0.3 is 14.4 Å². The molecule has 0 fully saturated rings. The van der Waals surface area contributed by atoms with Crippen LogP contribution in [0.1, 0.15) is 105 Å². The summed E-state index contributed by atoms with van der Waals surface area (Å²) in [5.41, 5.74) is 14.9. The average molecular weight is 723 g/mol. The lowest BCUT2D eigenvalue weighted by atomic mass is 9.34. The Bertz CT molecular complexity index is 2510. The van der Waals surface area contributed by atoms with Crippen molar-refractivity contribution in [1.29, 1.82) is 0 Å². The van der Waals surface area contributed by atoms with E-state index in [1.54, 1.807) is 0 Å². The maximum Gasteiger partial charge on any atom is 0.260 e. The van der Waals surface area contributed by atoms with Crippen LogP contribution in [0.4, 0.5) is 17.1 Å². The van der Waals surface area contributed by atoms with Gasteiger partial charge in [-0.3, -0.25) is 0 Å². The highest BCUT2D eigenvalue weighted by molar-refractivity contribution is 6.98. The fraction of sp³-hybridized carbons (Fsp3) is 0.294. The van der Waals surface area contributed by atoms with Crippen molar-refractivity contribution < 1.29 is 10.8 Å². The summed E-state index contributed by atoms with van der Waals surface area (Å²) in [6, 6.07) is 40.3. The van der Waals surface area contributed by atoms with Crippen LogP contribution in [-0.4, -0.2) is 6.71 Å². The lowest BCUT2D eigenvalue weighted by molar-refractivity contribution is 0.454. The second-order valence-electron chi connectivity index (χ2n) is 19.4. The molecule has 0 spiro atoms. The van der Waals surface area contributed by atoms with Crippen molar-refractivity contribution in [1.82, 2.24) is 0 Å². The van der Waals surface area contributed by atoms with E-state index < -0.39 is 0 Å². The first-order valence-electron chi connectivity index (χ1n) is 20.3. The van der Waals surface area contributed by atoms with Gasteiger partial charge in [0.15, 0.2) is 0 Å². The Morgan fingerprint density at radius 2 is 1.13 bits per heavy atom. The first-order valence-corrected chi connectivity index (χ1v) is 19.8. The fourth-order valence-corrected chi connectivity index (χ4v) is 9.03. The summed E-state index contributed by atoms with van der Waals surface area (Å²) in [5.74, 6) is 3.11. The predicted octanol–water partition coefficient (Wildman–Crippen LogP) is 12.1. The Morgan fingerprint density at radius 3 is 1.71 bits per heavy atom. The Kier molecular flexibility index (Phi) is 7.41. The monoisotopic (exact) mass is 722 g/mol. The van der Waals surface area contributed by atoms with Gasteiger partial charge in [0.2, 0.25) is 0 Å². The largest absolute Gasteiger partial charge is 0.458 e. The van der Waals surface area contributed by atoms with Gasteiger partial charge in [0.25, 0.3) is 6.71 Å². The molecule has 0 unspecified atom stereocenters. The zero-order valence-electron chi connectivity index (χ0n) is 35.2. The van der Waals surface area contributed by atoms with E-state index in [0.29, 0.717) is 17.5 Å². The van der Waals surface area contributed by atoms with Gasteiger partial charge in [0, 0.05) is 33.4 Å². The minimum absolute atomic E-state index is 0.0252. The molecule has 0 saturated carbocycles. The van der Waals surface area contributed by atoms with E-state index in [4.69, 9.17) is 10.8 Å². The zero-order valence-corrected chi connectivity index (χ0v) is 34.2. The number of hydrogen-bond donors (Lipinski definition) is 0. The third-order valence-electron chi connectivity index (χ3n) is 12.2. The maximum atomic E-state index is 8.81. The number of benzene rings is 6. The highest BCUT2D eigenvalue weighted by Crippen LogP contribution is 2.58. The Hall–Kier alpha value is -5.22. The van der Waals surface area contributed by atoms with E-state index in [-0.39, 0.29) is 28.4 Å². The van der Waals surface area contributed by atoms with Crippen LogP contribution in [-0.2, 0) is 21.7 Å². The van der Waals surface area contributed by atoms with Crippen LogP contribution in [0.3, 0.4) is 0 Å². The summed E-state index contributed by atoms with van der Waals surface area (Å²) in [6.45, 7) is 24.9. The van der Waals surface area contributed by atoms with Crippen LogP contribution < -0.4 is 30.8 Å². The molecule has 6 aromatic carbocycles. The van der Waals surface area contributed by atoms with Crippen LogP contribution in [0.2, 0.25) is 0 Å². The second-order valence-corrected chi connectivity index (χ2v) is 19.4. The number of rotatable bonds is 3. The topological polar surface area (TPSA) is 21.7 Å². The van der Waals surface area contributed by atoms with Crippen molar-refractivity contribution in [3.05, 3.63) is 143 Å². The van der Waals surface area contributed by atoms with Crippen molar-refractivity contribution in [2.45, 2.75) is 97.8 Å². The molecule has 0 bridgehead atoms. The van der Waals surface area contributed by atoms with Crippen molar-refractivity contribution in [2.24, 2.45) is 0 Å². The van der Waals surface area contributed by atoms with Gasteiger partial charge in [-0.1, -0.05) is 143 Å². The third-order valence-corrected chi connectivity index (χ3v) is 12.2. The molecule has 276 valence electrons. The van der Waals surface area contributed by atoms with Crippen LogP contribution in [0.5, 0.6) is 23.0 Å². The highest BCUT2D eigenvalue weighted by Gasteiger charge is 2.48. The van der Waals surface area contributed by atoms with Gasteiger partial charge >= 0.3 is 0 Å². The van der Waals surface area contributed by atoms with E-state index in [1.807, 2.05) is 12.1 Å². The Labute approximate surface area is 329 Å². The number of anilines is 3. The van der Waals surface area contributed by atoms with Gasteiger partial charge in [-0.2, -0.15) is 0 Å². The predicted molar refractivity (Wildman–Crippen MR) is 232 cm³/mol. The molecule has 0 amide bonds. The highest BCUT2D eigenvalue weighted by atomic mass is 16.5. The molecule has 0 saturated heterocycles. The van der Waals surface area contributed by atoms with Gasteiger partial charge in [0.05, 0.1) is 7.06 Å².